The minimum Gasteiger partial charge on any atom is -0.470 e. The van der Waals surface area contributed by atoms with Crippen LogP contribution in [-0.2, 0) is 40.7 Å². The summed E-state index contributed by atoms with van der Waals surface area (Å²) in [4.78, 5) is 53.9. The third kappa shape index (κ3) is 13.9. The minimum atomic E-state index is -4.74. The molecule has 16 heteroatoms. The van der Waals surface area contributed by atoms with Gasteiger partial charge in [0, 0.05) is 36.8 Å². The van der Waals surface area contributed by atoms with Gasteiger partial charge in [-0.05, 0) is 45.2 Å². The molecule has 0 spiro atoms. The van der Waals surface area contributed by atoms with Crippen molar-refractivity contribution in [2.24, 2.45) is 11.7 Å². The fourth-order valence-electron chi connectivity index (χ4n) is 3.33. The molecular formula is C25H40BN5O9S. The summed E-state index contributed by atoms with van der Waals surface area (Å²) in [6, 6.07) is 1.49. The highest BCUT2D eigenvalue weighted by Gasteiger charge is 2.27. The number of benzene rings is 1. The number of hydroxylamine groups is 2. The van der Waals surface area contributed by atoms with Crippen LogP contribution in [0.5, 0.6) is 0 Å². The summed E-state index contributed by atoms with van der Waals surface area (Å²) in [5.41, 5.74) is 5.46. The number of carbonyl (C=O) groups excluding carboxylic acids is 4. The Balaban J connectivity index is 2.76. The van der Waals surface area contributed by atoms with Gasteiger partial charge in [-0.25, -0.2) is 0 Å². The van der Waals surface area contributed by atoms with E-state index in [4.69, 9.17) is 18.4 Å². The second-order valence-corrected chi connectivity index (χ2v) is 12.0. The van der Waals surface area contributed by atoms with Crippen molar-refractivity contribution in [1.29, 1.82) is 0 Å². The molecular weight excluding hydrogens is 557 g/mol. The van der Waals surface area contributed by atoms with Gasteiger partial charge in [-0.2, -0.15) is 13.5 Å². The van der Waals surface area contributed by atoms with Gasteiger partial charge in [0.25, 0.3) is 10.1 Å². The first-order valence-corrected chi connectivity index (χ1v) is 14.3. The standard InChI is InChI=1S/C25H40BN5O9S/c1-15(2)21(30-20(32)9-11-31(6)40-12-10-25(4,5)27)23(34)28-16(3)22(33)29-18-8-7-17(14-39-24(26)35)19(13-18)41(36,37)38/h7-8,13,15-16,21H,9-12,14,27H2,1-6H3,(H,28,34)(H,29,33)(H,30,32)(H,36,37,38)/t16-,21?/m0/s1. The van der Waals surface area contributed by atoms with Gasteiger partial charge in [0.1, 0.15) is 23.6 Å². The molecule has 14 nitrogen and oxygen atoms in total. The number of anilines is 1. The fourth-order valence-corrected chi connectivity index (χ4v) is 4.06. The van der Waals surface area contributed by atoms with E-state index in [1.165, 1.54) is 24.1 Å². The second kappa shape index (κ2) is 15.8. The molecule has 0 heterocycles. The van der Waals surface area contributed by atoms with Crippen molar-refractivity contribution in [3.8, 4) is 0 Å². The van der Waals surface area contributed by atoms with Crippen molar-refractivity contribution in [2.75, 3.05) is 25.5 Å². The average Bonchev–Trinajstić information content (AvgIpc) is 2.83. The second-order valence-electron chi connectivity index (χ2n) is 10.6. The summed E-state index contributed by atoms with van der Waals surface area (Å²) in [5.74, 6) is -3.13. The summed E-state index contributed by atoms with van der Waals surface area (Å²) in [6.07, 6.45) is 0.690. The van der Waals surface area contributed by atoms with Gasteiger partial charge >= 0.3 is 0 Å². The Kier molecular flexibility index (Phi) is 13.9. The van der Waals surface area contributed by atoms with E-state index in [-0.39, 0.29) is 41.6 Å². The van der Waals surface area contributed by atoms with Gasteiger partial charge in [0.2, 0.25) is 31.4 Å². The van der Waals surface area contributed by atoms with Crippen molar-refractivity contribution in [3.05, 3.63) is 23.8 Å². The SMILES string of the molecule is [B]C(=O)OCc1ccc(NC(=O)[C@H](C)NC(=O)C(NC(=O)CCN(C)OCCC(C)(C)N)C(C)C)cc1S(=O)(=O)O. The molecule has 1 rings (SSSR count). The average molecular weight is 598 g/mol. The van der Waals surface area contributed by atoms with Crippen LogP contribution >= 0.6 is 0 Å². The van der Waals surface area contributed by atoms with Crippen molar-refractivity contribution in [1.82, 2.24) is 15.7 Å². The molecule has 2 radical (unpaired) electrons. The topological polar surface area (TPSA) is 206 Å². The highest BCUT2D eigenvalue weighted by molar-refractivity contribution is 7.85. The summed E-state index contributed by atoms with van der Waals surface area (Å²) in [5, 5.41) is 9.17. The number of nitrogens with one attached hydrogen (secondary N) is 3. The molecule has 0 bridgehead atoms. The molecule has 0 saturated carbocycles. The first-order chi connectivity index (χ1) is 18.8. The lowest BCUT2D eigenvalue weighted by Gasteiger charge is -2.25. The van der Waals surface area contributed by atoms with Crippen molar-refractivity contribution >= 4 is 47.2 Å². The van der Waals surface area contributed by atoms with E-state index in [2.05, 4.69) is 20.7 Å². The lowest BCUT2D eigenvalue weighted by molar-refractivity contribution is -0.149. The van der Waals surface area contributed by atoms with E-state index in [0.717, 1.165) is 6.07 Å². The zero-order valence-electron chi connectivity index (χ0n) is 24.2. The first kappa shape index (κ1) is 36.0. The molecule has 1 aromatic carbocycles. The summed E-state index contributed by atoms with van der Waals surface area (Å²) in [7, 11) is 1.84. The van der Waals surface area contributed by atoms with Crippen molar-refractivity contribution in [2.45, 2.75) is 76.6 Å². The maximum Gasteiger partial charge on any atom is 0.294 e. The predicted molar refractivity (Wildman–Crippen MR) is 151 cm³/mol. The largest absolute Gasteiger partial charge is 0.470 e. The highest BCUT2D eigenvalue weighted by atomic mass is 32.2. The Morgan fingerprint density at radius 3 is 2.29 bits per heavy atom. The predicted octanol–water partition coefficient (Wildman–Crippen LogP) is 0.703. The number of carbonyl (C=O) groups is 4. The van der Waals surface area contributed by atoms with Gasteiger partial charge in [0.15, 0.2) is 0 Å². The smallest absolute Gasteiger partial charge is 0.294 e. The molecule has 0 saturated heterocycles. The van der Waals surface area contributed by atoms with Crippen LogP contribution in [0.15, 0.2) is 23.1 Å². The third-order valence-corrected chi connectivity index (χ3v) is 6.65. The van der Waals surface area contributed by atoms with E-state index >= 15 is 0 Å². The molecule has 0 aromatic heterocycles. The molecule has 6 N–H and O–H groups in total. The molecule has 2 atom stereocenters. The highest BCUT2D eigenvalue weighted by Crippen LogP contribution is 2.22. The zero-order chi connectivity index (χ0) is 31.5. The Labute approximate surface area is 242 Å². The Morgan fingerprint density at radius 1 is 1.12 bits per heavy atom. The number of hydrogen-bond donors (Lipinski definition) is 5. The first-order valence-electron chi connectivity index (χ1n) is 12.9. The molecule has 0 fully saturated rings. The maximum absolute atomic E-state index is 12.9. The van der Waals surface area contributed by atoms with E-state index in [1.54, 1.807) is 20.9 Å². The van der Waals surface area contributed by atoms with Crippen LogP contribution in [0.1, 0.15) is 53.0 Å². The van der Waals surface area contributed by atoms with Crippen molar-refractivity contribution < 1.29 is 41.7 Å². The summed E-state index contributed by atoms with van der Waals surface area (Å²) >= 11 is 0. The molecule has 0 aliphatic heterocycles. The lowest BCUT2D eigenvalue weighted by atomic mass is 10.0. The number of nitrogens with two attached hydrogens (primary N) is 1. The summed E-state index contributed by atoms with van der Waals surface area (Å²) < 4.78 is 37.6. The van der Waals surface area contributed by atoms with E-state index in [0.29, 0.717) is 13.0 Å². The van der Waals surface area contributed by atoms with Gasteiger partial charge in [-0.15, -0.1) is 0 Å². The van der Waals surface area contributed by atoms with Crippen LogP contribution < -0.4 is 21.7 Å². The van der Waals surface area contributed by atoms with Crippen LogP contribution in [-0.4, -0.2) is 87.3 Å². The molecule has 1 aromatic rings. The van der Waals surface area contributed by atoms with E-state index in [9.17, 15) is 32.1 Å². The number of hydrogen-bond acceptors (Lipinski definition) is 10. The van der Waals surface area contributed by atoms with Crippen molar-refractivity contribution in [3.63, 3.8) is 0 Å². The monoisotopic (exact) mass is 597 g/mol. The molecule has 41 heavy (non-hydrogen) atoms. The molecule has 228 valence electrons. The molecule has 0 aliphatic carbocycles. The quantitative estimate of drug-likeness (QED) is 0.102. The van der Waals surface area contributed by atoms with Gasteiger partial charge in [0.05, 0.1) is 6.61 Å². The van der Waals surface area contributed by atoms with Crippen LogP contribution in [0.2, 0.25) is 0 Å². The fraction of sp³-hybridized carbons (Fsp3) is 0.600. The molecule has 1 unspecified atom stereocenters. The Hall–Kier alpha value is -3.05. The van der Waals surface area contributed by atoms with E-state index in [1.807, 2.05) is 13.8 Å². The minimum absolute atomic E-state index is 0.0124. The van der Waals surface area contributed by atoms with Gasteiger partial charge in [-0.3, -0.25) is 28.6 Å². The van der Waals surface area contributed by atoms with Crippen LogP contribution in [0.3, 0.4) is 0 Å². The lowest BCUT2D eigenvalue weighted by Crippen LogP contribution is -2.53. The van der Waals surface area contributed by atoms with Gasteiger partial charge in [-0.1, -0.05) is 19.9 Å². The molecule has 0 aliphatic rings. The number of amides is 3. The number of nitrogens with zero attached hydrogens (tertiary/aromatic N) is 1. The van der Waals surface area contributed by atoms with E-state index < -0.39 is 51.4 Å². The van der Waals surface area contributed by atoms with Crippen LogP contribution in [0.25, 0.3) is 0 Å². The Bertz CT molecular complexity index is 1190. The number of rotatable bonds is 16. The normalized spacial score (nSPS) is 13.4. The van der Waals surface area contributed by atoms with Crippen LogP contribution in [0.4, 0.5) is 10.5 Å². The summed E-state index contributed by atoms with van der Waals surface area (Å²) in [6.45, 7) is 8.79. The zero-order valence-corrected chi connectivity index (χ0v) is 25.0. The van der Waals surface area contributed by atoms with Gasteiger partial charge < -0.3 is 26.4 Å². The third-order valence-electron chi connectivity index (χ3n) is 5.71. The number of ether oxygens (including phenoxy) is 1. The maximum atomic E-state index is 12.9. The Morgan fingerprint density at radius 2 is 1.76 bits per heavy atom. The molecule has 3 amide bonds. The van der Waals surface area contributed by atoms with Crippen LogP contribution in [0, 0.1) is 5.92 Å².